The van der Waals surface area contributed by atoms with E-state index in [1.54, 1.807) is 35.3 Å². The second kappa shape index (κ2) is 9.43. The Hall–Kier alpha value is -3.00. The summed E-state index contributed by atoms with van der Waals surface area (Å²) in [6.45, 7) is 0.592. The minimum atomic E-state index is -0.430. The van der Waals surface area contributed by atoms with Crippen molar-refractivity contribution >= 4 is 46.5 Å². The average molecular weight is 477 g/mol. The lowest BCUT2D eigenvalue weighted by Crippen LogP contribution is -2.15. The van der Waals surface area contributed by atoms with E-state index in [1.807, 2.05) is 36.4 Å². The number of hydrogen-bond acceptors (Lipinski definition) is 4. The molecule has 1 amide bonds. The number of hydrogen-bond donors (Lipinski definition) is 1. The van der Waals surface area contributed by atoms with Gasteiger partial charge in [-0.3, -0.25) is 9.48 Å². The number of carbonyl (C=O) groups is 1. The first-order valence-electron chi connectivity index (χ1n) is 9.17. The zero-order chi connectivity index (χ0) is 21.8. The summed E-state index contributed by atoms with van der Waals surface area (Å²) >= 11 is 18.2. The van der Waals surface area contributed by atoms with Crippen molar-refractivity contribution in [3.8, 4) is 5.75 Å². The first-order valence-corrected chi connectivity index (χ1v) is 10.3. The molecule has 0 radical (unpaired) electrons. The molecule has 0 spiro atoms. The number of ether oxygens (including phenoxy) is 1. The molecule has 0 aliphatic rings. The number of anilines is 1. The van der Waals surface area contributed by atoms with Gasteiger partial charge in [0.05, 0.1) is 16.6 Å². The van der Waals surface area contributed by atoms with Crippen LogP contribution in [0.25, 0.3) is 0 Å². The molecule has 2 aromatic carbocycles. The normalized spacial score (nSPS) is 10.8. The fraction of sp³-hybridized carbons (Fsp3) is 0.0952. The summed E-state index contributed by atoms with van der Waals surface area (Å²) in [4.78, 5) is 12.5. The average Bonchev–Trinajstić information content (AvgIpc) is 3.37. The second-order valence-electron chi connectivity index (χ2n) is 6.55. The van der Waals surface area contributed by atoms with E-state index < -0.39 is 5.91 Å². The maximum atomic E-state index is 12.5. The van der Waals surface area contributed by atoms with Gasteiger partial charge in [0.1, 0.15) is 10.8 Å². The van der Waals surface area contributed by atoms with E-state index in [0.717, 1.165) is 5.56 Å². The summed E-state index contributed by atoms with van der Waals surface area (Å²) in [6, 6.07) is 16.2. The minimum Gasteiger partial charge on any atom is -0.471 e. The van der Waals surface area contributed by atoms with Gasteiger partial charge in [0.25, 0.3) is 5.91 Å². The molecule has 0 atom stereocenters. The molecule has 158 valence electrons. The summed E-state index contributed by atoms with van der Waals surface area (Å²) in [5, 5.41) is 12.5. The van der Waals surface area contributed by atoms with Crippen molar-refractivity contribution in [3.05, 3.63) is 93.3 Å². The van der Waals surface area contributed by atoms with E-state index in [0.29, 0.717) is 27.4 Å². The molecule has 31 heavy (non-hydrogen) atoms. The van der Waals surface area contributed by atoms with Gasteiger partial charge in [0.15, 0.2) is 18.2 Å². The van der Waals surface area contributed by atoms with Crippen molar-refractivity contribution in [2.75, 3.05) is 5.32 Å². The standard InChI is InChI=1S/C21H16Cl3N5O2/c22-16-7-6-14(10-17(16)23)11-29-12-18(24)20(27-29)25-21(30)19-8-9-28(26-19)13-31-15-4-2-1-3-5-15/h1-10,12H,11,13H2,(H,25,27,30). The summed E-state index contributed by atoms with van der Waals surface area (Å²) in [6.07, 6.45) is 3.27. The maximum absolute atomic E-state index is 12.5. The van der Waals surface area contributed by atoms with Gasteiger partial charge in [-0.1, -0.05) is 59.1 Å². The van der Waals surface area contributed by atoms with Gasteiger partial charge < -0.3 is 10.1 Å². The van der Waals surface area contributed by atoms with Crippen LogP contribution in [0.5, 0.6) is 5.75 Å². The fourth-order valence-corrected chi connectivity index (χ4v) is 3.29. The lowest BCUT2D eigenvalue weighted by molar-refractivity contribution is 0.101. The Balaban J connectivity index is 1.38. The van der Waals surface area contributed by atoms with E-state index in [9.17, 15) is 4.79 Å². The molecule has 0 aliphatic heterocycles. The van der Waals surface area contributed by atoms with Crippen LogP contribution in [0, 0.1) is 0 Å². The molecule has 0 bridgehead atoms. The molecule has 0 unspecified atom stereocenters. The highest BCUT2D eigenvalue weighted by atomic mass is 35.5. The number of halogens is 3. The SMILES string of the molecule is O=C(Nc1nn(Cc2ccc(Cl)c(Cl)c2)cc1Cl)c1ccn(COc2ccccc2)n1. The number of rotatable bonds is 7. The molecule has 0 saturated heterocycles. The minimum absolute atomic E-state index is 0.177. The highest BCUT2D eigenvalue weighted by Gasteiger charge is 2.15. The van der Waals surface area contributed by atoms with E-state index >= 15 is 0 Å². The lowest BCUT2D eigenvalue weighted by atomic mass is 10.2. The van der Waals surface area contributed by atoms with Gasteiger partial charge in [-0.2, -0.15) is 10.2 Å². The van der Waals surface area contributed by atoms with Crippen LogP contribution < -0.4 is 10.1 Å². The van der Waals surface area contributed by atoms with E-state index in [-0.39, 0.29) is 18.2 Å². The van der Waals surface area contributed by atoms with Crippen molar-refractivity contribution in [1.29, 1.82) is 0 Å². The summed E-state index contributed by atoms with van der Waals surface area (Å²) < 4.78 is 8.73. The highest BCUT2D eigenvalue weighted by molar-refractivity contribution is 6.42. The van der Waals surface area contributed by atoms with Gasteiger partial charge in [0, 0.05) is 12.4 Å². The van der Waals surface area contributed by atoms with Crippen LogP contribution in [0.15, 0.2) is 67.0 Å². The van der Waals surface area contributed by atoms with Crippen LogP contribution in [0.4, 0.5) is 5.82 Å². The molecule has 2 aromatic heterocycles. The third-order valence-corrected chi connectivity index (χ3v) is 5.27. The Morgan fingerprint density at radius 3 is 2.52 bits per heavy atom. The largest absolute Gasteiger partial charge is 0.471 e. The highest BCUT2D eigenvalue weighted by Crippen LogP contribution is 2.24. The topological polar surface area (TPSA) is 74.0 Å². The number of amides is 1. The Morgan fingerprint density at radius 1 is 0.935 bits per heavy atom. The molecule has 2 heterocycles. The molecule has 7 nitrogen and oxygen atoms in total. The fourth-order valence-electron chi connectivity index (χ4n) is 2.77. The Labute approximate surface area is 193 Å². The molecule has 0 fully saturated rings. The molecular weight excluding hydrogens is 461 g/mol. The van der Waals surface area contributed by atoms with Crippen molar-refractivity contribution < 1.29 is 9.53 Å². The number of benzene rings is 2. The molecule has 0 aliphatic carbocycles. The molecule has 10 heteroatoms. The van der Waals surface area contributed by atoms with Gasteiger partial charge in [-0.15, -0.1) is 0 Å². The zero-order valence-corrected chi connectivity index (χ0v) is 18.3. The van der Waals surface area contributed by atoms with Gasteiger partial charge in [0.2, 0.25) is 0 Å². The zero-order valence-electron chi connectivity index (χ0n) is 16.0. The number of aromatic nitrogens is 4. The van der Waals surface area contributed by atoms with Gasteiger partial charge >= 0.3 is 0 Å². The number of nitrogens with one attached hydrogen (secondary N) is 1. The number of nitrogens with zero attached hydrogens (tertiary/aromatic N) is 4. The third kappa shape index (κ3) is 5.38. The first kappa shape index (κ1) is 21.2. The smallest absolute Gasteiger partial charge is 0.277 e. The third-order valence-electron chi connectivity index (χ3n) is 4.26. The second-order valence-corrected chi connectivity index (χ2v) is 7.77. The maximum Gasteiger partial charge on any atom is 0.277 e. The summed E-state index contributed by atoms with van der Waals surface area (Å²) in [7, 11) is 0. The molecular formula is C21H16Cl3N5O2. The Kier molecular flexibility index (Phi) is 6.46. The summed E-state index contributed by atoms with van der Waals surface area (Å²) in [5.74, 6) is 0.519. The molecule has 0 saturated carbocycles. The molecule has 4 aromatic rings. The number of para-hydroxylation sites is 1. The predicted molar refractivity (Wildman–Crippen MR) is 120 cm³/mol. The lowest BCUT2D eigenvalue weighted by Gasteiger charge is -2.05. The van der Waals surface area contributed by atoms with Crippen molar-refractivity contribution in [2.45, 2.75) is 13.3 Å². The van der Waals surface area contributed by atoms with Crippen LogP contribution >= 0.6 is 34.8 Å². The van der Waals surface area contributed by atoms with Crippen LogP contribution in [-0.2, 0) is 13.3 Å². The van der Waals surface area contributed by atoms with E-state index in [4.69, 9.17) is 39.5 Å². The Bertz CT molecular complexity index is 1210. The first-order chi connectivity index (χ1) is 15.0. The summed E-state index contributed by atoms with van der Waals surface area (Å²) in [5.41, 5.74) is 1.11. The van der Waals surface area contributed by atoms with Crippen LogP contribution in [0.3, 0.4) is 0 Å². The van der Waals surface area contributed by atoms with Gasteiger partial charge in [-0.05, 0) is 35.9 Å². The van der Waals surface area contributed by atoms with Crippen molar-refractivity contribution in [3.63, 3.8) is 0 Å². The predicted octanol–water partition coefficient (Wildman–Crippen LogP) is 5.38. The van der Waals surface area contributed by atoms with Crippen LogP contribution in [-0.4, -0.2) is 25.5 Å². The Morgan fingerprint density at radius 2 is 1.74 bits per heavy atom. The van der Waals surface area contributed by atoms with Crippen molar-refractivity contribution in [2.24, 2.45) is 0 Å². The van der Waals surface area contributed by atoms with Gasteiger partial charge in [-0.25, -0.2) is 4.68 Å². The van der Waals surface area contributed by atoms with E-state index in [1.165, 1.54) is 4.68 Å². The monoisotopic (exact) mass is 475 g/mol. The van der Waals surface area contributed by atoms with Crippen LogP contribution in [0.2, 0.25) is 15.1 Å². The molecule has 1 N–H and O–H groups in total. The quantitative estimate of drug-likeness (QED) is 0.389. The molecule has 4 rings (SSSR count). The number of carbonyl (C=O) groups excluding carboxylic acids is 1. The van der Waals surface area contributed by atoms with Crippen LogP contribution in [0.1, 0.15) is 16.1 Å². The van der Waals surface area contributed by atoms with E-state index in [2.05, 4.69) is 15.5 Å². The van der Waals surface area contributed by atoms with Crippen molar-refractivity contribution in [1.82, 2.24) is 19.6 Å².